The van der Waals surface area contributed by atoms with E-state index in [0.29, 0.717) is 0 Å². The van der Waals surface area contributed by atoms with E-state index in [1.54, 1.807) is 7.11 Å². The van der Waals surface area contributed by atoms with Crippen molar-refractivity contribution in [2.75, 3.05) is 22.2 Å². The number of fused-ring (bicyclic) bond motifs is 2. The van der Waals surface area contributed by atoms with Gasteiger partial charge < -0.3 is 0 Å². The molecule has 0 amide bonds. The Kier molecular flexibility index (Phi) is 3.02. The molecule has 4 rings (SSSR count). The summed E-state index contributed by atoms with van der Waals surface area (Å²) in [5, 5.41) is 0. The van der Waals surface area contributed by atoms with E-state index in [9.17, 15) is 0 Å². The minimum atomic E-state index is -1.73. The molecule has 106 valence electrons. The molecule has 2 aromatic rings. The van der Waals surface area contributed by atoms with Crippen LogP contribution in [0.1, 0.15) is 0 Å². The van der Waals surface area contributed by atoms with Gasteiger partial charge in [0.25, 0.3) is 0 Å². The number of hydrogen-bond donors (Lipinski definition) is 0. The van der Waals surface area contributed by atoms with Crippen molar-refractivity contribution in [2.24, 2.45) is 0 Å². The summed E-state index contributed by atoms with van der Waals surface area (Å²) in [6.07, 6.45) is 4.52. The minimum absolute atomic E-state index is 0.927. The zero-order valence-electron chi connectivity index (χ0n) is 12.0. The number of methoxy groups -OCH3 is 1. The normalized spacial score (nSPS) is 16.4. The van der Waals surface area contributed by atoms with Crippen molar-refractivity contribution in [3.63, 3.8) is 0 Å². The second-order valence-electron chi connectivity index (χ2n) is 4.99. The van der Waals surface area contributed by atoms with Crippen LogP contribution in [0.4, 0.5) is 11.4 Å². The molecular formula is C17H16N2OTe. The molecule has 2 aliphatic heterocycles. The fourth-order valence-electron chi connectivity index (χ4n) is 2.75. The second-order valence-corrected chi connectivity index (χ2v) is 10.2. The summed E-state index contributed by atoms with van der Waals surface area (Å²) in [5.74, 6) is 0.927. The summed E-state index contributed by atoms with van der Waals surface area (Å²) in [4.78, 5) is 2.33. The van der Waals surface area contributed by atoms with E-state index in [4.69, 9.17) is 4.74 Å². The van der Waals surface area contributed by atoms with E-state index >= 15 is 0 Å². The Morgan fingerprint density at radius 3 is 2.62 bits per heavy atom. The van der Waals surface area contributed by atoms with Crippen molar-refractivity contribution in [1.82, 2.24) is 0 Å². The van der Waals surface area contributed by atoms with Crippen molar-refractivity contribution < 1.29 is 4.74 Å². The molecule has 0 N–H and O–H groups in total. The van der Waals surface area contributed by atoms with Gasteiger partial charge in [-0.15, -0.1) is 0 Å². The van der Waals surface area contributed by atoms with E-state index in [0.717, 1.165) is 5.75 Å². The average molecular weight is 392 g/mol. The number of benzene rings is 2. The molecule has 0 unspecified atom stereocenters. The van der Waals surface area contributed by atoms with Gasteiger partial charge in [0.1, 0.15) is 0 Å². The van der Waals surface area contributed by atoms with Gasteiger partial charge in [-0.05, 0) is 0 Å². The summed E-state index contributed by atoms with van der Waals surface area (Å²) < 4.78 is 10.8. The summed E-state index contributed by atoms with van der Waals surface area (Å²) >= 11 is -1.73. The van der Waals surface area contributed by atoms with Crippen LogP contribution in [-0.4, -0.2) is 37.2 Å². The first kappa shape index (κ1) is 12.9. The Labute approximate surface area is 131 Å². The number of likely N-dealkylation sites (N-methyl/N-ethyl adjacent to an activating group) is 1. The molecule has 0 atom stereocenters. The molecule has 0 spiro atoms. The maximum absolute atomic E-state index is 5.37. The Balaban J connectivity index is 1.83. The predicted molar refractivity (Wildman–Crippen MR) is 89.9 cm³/mol. The third-order valence-corrected chi connectivity index (χ3v) is 10.4. The third-order valence-electron chi connectivity index (χ3n) is 3.82. The number of hydrogen-bond acceptors (Lipinski definition) is 3. The topological polar surface area (TPSA) is 15.7 Å². The van der Waals surface area contributed by atoms with Crippen molar-refractivity contribution in [3.8, 4) is 5.75 Å². The van der Waals surface area contributed by atoms with Crippen LogP contribution in [-0.2, 0) is 0 Å². The van der Waals surface area contributed by atoms with Gasteiger partial charge in [-0.3, -0.25) is 0 Å². The zero-order chi connectivity index (χ0) is 14.4. The second kappa shape index (κ2) is 4.91. The number of para-hydroxylation sites is 1. The first-order valence-corrected chi connectivity index (χ1v) is 10.2. The molecule has 0 fully saturated rings. The van der Waals surface area contributed by atoms with Crippen LogP contribution in [0.25, 0.3) is 0 Å². The van der Waals surface area contributed by atoms with Gasteiger partial charge in [0.05, 0.1) is 0 Å². The maximum atomic E-state index is 5.37. The number of rotatable bonds is 2. The van der Waals surface area contributed by atoms with E-state index < -0.39 is 19.3 Å². The summed E-state index contributed by atoms with van der Waals surface area (Å²) in [7, 11) is 3.88. The number of anilines is 2. The van der Waals surface area contributed by atoms with E-state index in [2.05, 4.69) is 75.9 Å². The number of nitrogens with zero attached hydrogens (tertiary/aromatic N) is 2. The van der Waals surface area contributed by atoms with Crippen LogP contribution < -0.4 is 16.4 Å². The monoisotopic (exact) mass is 394 g/mol. The van der Waals surface area contributed by atoms with Gasteiger partial charge in [0.15, 0.2) is 0 Å². The molecule has 2 aromatic carbocycles. The van der Waals surface area contributed by atoms with Crippen molar-refractivity contribution in [3.05, 3.63) is 60.8 Å². The zero-order valence-corrected chi connectivity index (χ0v) is 14.3. The van der Waals surface area contributed by atoms with Crippen LogP contribution in [0.15, 0.2) is 60.8 Å². The van der Waals surface area contributed by atoms with Crippen molar-refractivity contribution >= 4 is 38.0 Å². The fourth-order valence-corrected chi connectivity index (χ4v) is 9.29. The van der Waals surface area contributed by atoms with E-state index in [1.807, 2.05) is 0 Å². The van der Waals surface area contributed by atoms with E-state index in [1.165, 1.54) is 18.7 Å². The molecule has 2 heterocycles. The molecular weight excluding hydrogens is 376 g/mol. The Morgan fingerprint density at radius 1 is 1.05 bits per heavy atom. The molecule has 0 aliphatic carbocycles. The summed E-state index contributed by atoms with van der Waals surface area (Å²) in [6.45, 7) is 0. The molecule has 3 nitrogen and oxygen atoms in total. The molecule has 0 aromatic heterocycles. The van der Waals surface area contributed by atoms with E-state index in [-0.39, 0.29) is 0 Å². The van der Waals surface area contributed by atoms with Gasteiger partial charge in [-0.25, -0.2) is 0 Å². The molecule has 0 saturated heterocycles. The van der Waals surface area contributed by atoms with Crippen LogP contribution in [0, 0.1) is 0 Å². The average Bonchev–Trinajstić information content (AvgIpc) is 3.09. The predicted octanol–water partition coefficient (Wildman–Crippen LogP) is 2.09. The quantitative estimate of drug-likeness (QED) is 0.729. The fraction of sp³-hybridized carbons (Fsp3) is 0.118. The third kappa shape index (κ3) is 1.91. The SMILES string of the molecule is COc1ccc2c(c1)N(C)C1=[Te]2N(c2ccccc2)C=C1. The first-order valence-electron chi connectivity index (χ1n) is 6.85. The standard InChI is InChI=1S/C17H16N2OTe/c1-18-15-12-14(20-2)8-9-16(15)21-17(18)10-11-19(21)13-6-4-3-5-7-13/h3-12H,1-2H3. The van der Waals surface area contributed by atoms with Crippen molar-refractivity contribution in [1.29, 1.82) is 0 Å². The molecule has 0 radical (unpaired) electrons. The van der Waals surface area contributed by atoms with Crippen LogP contribution >= 0.6 is 0 Å². The van der Waals surface area contributed by atoms with Crippen LogP contribution in [0.2, 0.25) is 0 Å². The molecule has 0 saturated carbocycles. The molecule has 21 heavy (non-hydrogen) atoms. The van der Waals surface area contributed by atoms with Gasteiger partial charge in [-0.1, -0.05) is 0 Å². The van der Waals surface area contributed by atoms with Gasteiger partial charge in [0, 0.05) is 0 Å². The molecule has 2 aliphatic rings. The van der Waals surface area contributed by atoms with Gasteiger partial charge in [0.2, 0.25) is 0 Å². The number of ether oxygens (including phenoxy) is 1. The van der Waals surface area contributed by atoms with Crippen LogP contribution in [0.5, 0.6) is 5.75 Å². The van der Waals surface area contributed by atoms with Crippen LogP contribution in [0.3, 0.4) is 0 Å². The Hall–Kier alpha value is -1.76. The summed E-state index contributed by atoms with van der Waals surface area (Å²) in [5.41, 5.74) is 2.59. The Bertz CT molecular complexity index is 768. The summed E-state index contributed by atoms with van der Waals surface area (Å²) in [6, 6.07) is 17.1. The van der Waals surface area contributed by atoms with Crippen molar-refractivity contribution in [2.45, 2.75) is 0 Å². The molecule has 4 heteroatoms. The molecule has 0 bridgehead atoms. The Morgan fingerprint density at radius 2 is 1.86 bits per heavy atom. The van der Waals surface area contributed by atoms with Gasteiger partial charge >= 0.3 is 132 Å². The van der Waals surface area contributed by atoms with Gasteiger partial charge in [-0.2, -0.15) is 0 Å². The first-order chi connectivity index (χ1) is 10.3.